The van der Waals surface area contributed by atoms with Crippen LogP contribution in [0.5, 0.6) is 0 Å². The number of hydrogen-bond acceptors (Lipinski definition) is 4. The molecule has 16 heavy (non-hydrogen) atoms. The first-order chi connectivity index (χ1) is 7.66. The van der Waals surface area contributed by atoms with E-state index in [9.17, 15) is 4.79 Å². The molecule has 2 rings (SSSR count). The molecule has 0 saturated carbocycles. The summed E-state index contributed by atoms with van der Waals surface area (Å²) in [7, 11) is 0. The number of carbonyl (C=O) groups is 1. The number of aromatic nitrogens is 1. The summed E-state index contributed by atoms with van der Waals surface area (Å²) < 4.78 is 5.26. The number of hydrogen-bond donors (Lipinski definition) is 2. The molecule has 0 bridgehead atoms. The van der Waals surface area contributed by atoms with Gasteiger partial charge in [0.15, 0.2) is 11.6 Å². The topological polar surface area (TPSA) is 81.1 Å². The number of primary amides is 1. The van der Waals surface area contributed by atoms with Gasteiger partial charge in [-0.15, -0.1) is 0 Å². The average Bonchev–Trinajstić information content (AvgIpc) is 2.61. The van der Waals surface area contributed by atoms with Crippen LogP contribution in [0.4, 0.5) is 11.6 Å². The lowest BCUT2D eigenvalue weighted by Crippen LogP contribution is -2.13. The van der Waals surface area contributed by atoms with Crippen LogP contribution in [0.25, 0.3) is 0 Å². The molecule has 2 aromatic rings. The smallest absolute Gasteiger partial charge is 0.273 e. The number of anilines is 2. The number of benzene rings is 1. The highest BCUT2D eigenvalue weighted by Crippen LogP contribution is 2.21. The lowest BCUT2D eigenvalue weighted by atomic mass is 10.3. The van der Waals surface area contributed by atoms with E-state index >= 15 is 0 Å². The second-order valence-corrected chi connectivity index (χ2v) is 3.27. The highest BCUT2D eigenvalue weighted by molar-refractivity contribution is 5.95. The van der Waals surface area contributed by atoms with Gasteiger partial charge in [0.05, 0.1) is 0 Å². The molecule has 0 fully saturated rings. The maximum absolute atomic E-state index is 11.1. The van der Waals surface area contributed by atoms with E-state index in [0.29, 0.717) is 5.89 Å². The van der Waals surface area contributed by atoms with Gasteiger partial charge in [-0.1, -0.05) is 18.2 Å². The van der Waals surface area contributed by atoms with E-state index < -0.39 is 5.91 Å². The Labute approximate surface area is 92.3 Å². The van der Waals surface area contributed by atoms with Gasteiger partial charge in [-0.3, -0.25) is 4.79 Å². The highest BCUT2D eigenvalue weighted by Gasteiger charge is 2.15. The molecule has 5 heteroatoms. The molecular weight excluding hydrogens is 206 g/mol. The number of amides is 1. The van der Waals surface area contributed by atoms with E-state index in [1.165, 1.54) is 0 Å². The van der Waals surface area contributed by atoms with Gasteiger partial charge in [-0.25, -0.2) is 4.98 Å². The lowest BCUT2D eigenvalue weighted by molar-refractivity contribution is 0.0996. The fourth-order valence-electron chi connectivity index (χ4n) is 1.33. The van der Waals surface area contributed by atoms with E-state index in [0.717, 1.165) is 5.69 Å². The summed E-state index contributed by atoms with van der Waals surface area (Å²) in [4.78, 5) is 15.0. The Morgan fingerprint density at radius 1 is 1.38 bits per heavy atom. The minimum absolute atomic E-state index is 0.112. The number of carbonyl (C=O) groups excluding carboxylic acids is 1. The number of nitrogens with zero attached hydrogens (tertiary/aromatic N) is 1. The second kappa shape index (κ2) is 4.06. The molecule has 0 unspecified atom stereocenters. The first-order valence-electron chi connectivity index (χ1n) is 4.76. The lowest BCUT2D eigenvalue weighted by Gasteiger charge is -2.02. The van der Waals surface area contributed by atoms with Crippen LogP contribution in [0.2, 0.25) is 0 Å². The van der Waals surface area contributed by atoms with Crippen LogP contribution >= 0.6 is 0 Å². The molecule has 0 spiro atoms. The third-order valence-corrected chi connectivity index (χ3v) is 2.00. The summed E-state index contributed by atoms with van der Waals surface area (Å²) in [6.45, 7) is 1.66. The van der Waals surface area contributed by atoms with Crippen molar-refractivity contribution in [1.29, 1.82) is 0 Å². The second-order valence-electron chi connectivity index (χ2n) is 3.27. The van der Waals surface area contributed by atoms with Crippen LogP contribution < -0.4 is 11.1 Å². The van der Waals surface area contributed by atoms with Crippen LogP contribution in [0.3, 0.4) is 0 Å². The van der Waals surface area contributed by atoms with Crippen LogP contribution in [0.15, 0.2) is 34.7 Å². The van der Waals surface area contributed by atoms with Crippen molar-refractivity contribution in [1.82, 2.24) is 4.98 Å². The maximum Gasteiger partial charge on any atom is 0.273 e. The fourth-order valence-corrected chi connectivity index (χ4v) is 1.33. The summed E-state index contributed by atoms with van der Waals surface area (Å²) in [6.07, 6.45) is 0. The molecule has 1 heterocycles. The zero-order valence-electron chi connectivity index (χ0n) is 8.73. The first kappa shape index (κ1) is 10.2. The van der Waals surface area contributed by atoms with Crippen molar-refractivity contribution in [3.63, 3.8) is 0 Å². The Balaban J connectivity index is 2.31. The fraction of sp³-hybridized carbons (Fsp3) is 0.0909. The Morgan fingerprint density at radius 2 is 2.06 bits per heavy atom. The quantitative estimate of drug-likeness (QED) is 0.821. The first-order valence-corrected chi connectivity index (χ1v) is 4.76. The number of nitrogens with one attached hydrogen (secondary N) is 1. The summed E-state index contributed by atoms with van der Waals surface area (Å²) in [6, 6.07) is 9.34. The molecule has 82 valence electrons. The SMILES string of the molecule is Cc1nc(C(N)=O)c(Nc2ccccc2)o1. The van der Waals surface area contributed by atoms with Gasteiger partial charge in [-0.2, -0.15) is 0 Å². The van der Waals surface area contributed by atoms with Gasteiger partial charge >= 0.3 is 0 Å². The van der Waals surface area contributed by atoms with Crippen molar-refractivity contribution in [3.05, 3.63) is 41.9 Å². The van der Waals surface area contributed by atoms with E-state index in [1.54, 1.807) is 6.92 Å². The Kier molecular flexibility index (Phi) is 2.59. The molecule has 0 aliphatic rings. The number of nitrogens with two attached hydrogens (primary N) is 1. The van der Waals surface area contributed by atoms with Crippen LogP contribution in [0.1, 0.15) is 16.4 Å². The van der Waals surface area contributed by atoms with Gasteiger partial charge in [0.2, 0.25) is 5.88 Å². The zero-order chi connectivity index (χ0) is 11.5. The van der Waals surface area contributed by atoms with Gasteiger partial charge < -0.3 is 15.5 Å². The summed E-state index contributed by atoms with van der Waals surface area (Å²) >= 11 is 0. The minimum Gasteiger partial charge on any atom is -0.424 e. The average molecular weight is 217 g/mol. The van der Waals surface area contributed by atoms with Crippen LogP contribution in [-0.4, -0.2) is 10.9 Å². The summed E-state index contributed by atoms with van der Waals surface area (Å²) in [5.41, 5.74) is 6.10. The normalized spacial score (nSPS) is 10.1. The van der Waals surface area contributed by atoms with Gasteiger partial charge in [-0.05, 0) is 12.1 Å². The third kappa shape index (κ3) is 2.03. The Bertz CT molecular complexity index is 505. The summed E-state index contributed by atoms with van der Waals surface area (Å²) in [5.74, 6) is 0.0544. The number of para-hydroxylation sites is 1. The van der Waals surface area contributed by atoms with E-state index in [-0.39, 0.29) is 11.6 Å². The molecule has 1 aromatic heterocycles. The third-order valence-electron chi connectivity index (χ3n) is 2.00. The molecule has 0 aliphatic carbocycles. The van der Waals surface area contributed by atoms with Crippen molar-refractivity contribution in [2.45, 2.75) is 6.92 Å². The summed E-state index contributed by atoms with van der Waals surface area (Å²) in [5, 5.41) is 2.94. The van der Waals surface area contributed by atoms with Crippen LogP contribution in [-0.2, 0) is 0 Å². The molecule has 3 N–H and O–H groups in total. The van der Waals surface area contributed by atoms with Crippen molar-refractivity contribution < 1.29 is 9.21 Å². The highest BCUT2D eigenvalue weighted by atomic mass is 16.4. The standard InChI is InChI=1S/C11H11N3O2/c1-7-13-9(10(12)15)11(16-7)14-8-5-3-2-4-6-8/h2-6,14H,1H3,(H2,12,15). The zero-order valence-corrected chi connectivity index (χ0v) is 8.73. The number of aryl methyl sites for hydroxylation is 1. The van der Waals surface area contributed by atoms with E-state index in [4.69, 9.17) is 10.2 Å². The minimum atomic E-state index is -0.615. The molecular formula is C11H11N3O2. The van der Waals surface area contributed by atoms with E-state index in [2.05, 4.69) is 10.3 Å². The predicted octanol–water partition coefficient (Wildman–Crippen LogP) is 1.83. The Morgan fingerprint density at radius 3 is 2.69 bits per heavy atom. The molecule has 0 atom stereocenters. The number of rotatable bonds is 3. The molecule has 0 radical (unpaired) electrons. The largest absolute Gasteiger partial charge is 0.424 e. The van der Waals surface area contributed by atoms with E-state index in [1.807, 2.05) is 30.3 Å². The van der Waals surface area contributed by atoms with Crippen molar-refractivity contribution >= 4 is 17.5 Å². The molecule has 5 nitrogen and oxygen atoms in total. The van der Waals surface area contributed by atoms with Gasteiger partial charge in [0.1, 0.15) is 0 Å². The molecule has 0 aliphatic heterocycles. The monoisotopic (exact) mass is 217 g/mol. The predicted molar refractivity (Wildman–Crippen MR) is 59.5 cm³/mol. The molecule has 0 saturated heterocycles. The van der Waals surface area contributed by atoms with Crippen LogP contribution in [0, 0.1) is 6.92 Å². The van der Waals surface area contributed by atoms with Gasteiger partial charge in [0, 0.05) is 12.6 Å². The number of oxazole rings is 1. The molecule has 1 aromatic carbocycles. The molecule has 1 amide bonds. The van der Waals surface area contributed by atoms with Crippen molar-refractivity contribution in [3.8, 4) is 0 Å². The van der Waals surface area contributed by atoms with Crippen molar-refractivity contribution in [2.24, 2.45) is 5.73 Å². The van der Waals surface area contributed by atoms with Gasteiger partial charge in [0.25, 0.3) is 5.91 Å². The Hall–Kier alpha value is -2.30. The van der Waals surface area contributed by atoms with Crippen molar-refractivity contribution in [2.75, 3.05) is 5.32 Å². The maximum atomic E-state index is 11.1.